The van der Waals surface area contributed by atoms with Crippen molar-refractivity contribution in [1.82, 2.24) is 14.8 Å². The Morgan fingerprint density at radius 1 is 1.25 bits per heavy atom. The van der Waals surface area contributed by atoms with Crippen LogP contribution in [0.25, 0.3) is 5.69 Å². The number of benzene rings is 2. The number of methoxy groups -OCH3 is 1. The van der Waals surface area contributed by atoms with E-state index in [1.807, 2.05) is 34.9 Å². The summed E-state index contributed by atoms with van der Waals surface area (Å²) in [7, 11) is 1.40. The molecule has 0 radical (unpaired) electrons. The van der Waals surface area contributed by atoms with Crippen molar-refractivity contribution < 1.29 is 14.2 Å². The van der Waals surface area contributed by atoms with Crippen molar-refractivity contribution in [1.29, 1.82) is 0 Å². The Bertz CT molecular complexity index is 811. The van der Waals surface area contributed by atoms with E-state index >= 15 is 0 Å². The molecule has 2 aromatic carbocycles. The summed E-state index contributed by atoms with van der Waals surface area (Å²) in [6.07, 6.45) is 0.799. The van der Waals surface area contributed by atoms with Crippen LogP contribution in [0.4, 0.5) is 4.39 Å². The summed E-state index contributed by atoms with van der Waals surface area (Å²) in [6, 6.07) is 14.1. The van der Waals surface area contributed by atoms with Crippen LogP contribution in [0.1, 0.15) is 11.7 Å². The predicted molar refractivity (Wildman–Crippen MR) is 90.0 cm³/mol. The zero-order valence-electron chi connectivity index (χ0n) is 13.0. The first-order valence-electron chi connectivity index (χ1n) is 7.29. The Balaban J connectivity index is 1.70. The summed E-state index contributed by atoms with van der Waals surface area (Å²) in [5.41, 5.74) is 1.43. The summed E-state index contributed by atoms with van der Waals surface area (Å²) in [6.45, 7) is 0. The molecule has 124 valence electrons. The quantitative estimate of drug-likeness (QED) is 0.695. The van der Waals surface area contributed by atoms with Gasteiger partial charge in [0.05, 0.1) is 13.2 Å². The van der Waals surface area contributed by atoms with E-state index in [1.54, 1.807) is 12.4 Å². The molecule has 0 aliphatic carbocycles. The normalized spacial score (nSPS) is 12.1. The first-order chi connectivity index (χ1) is 11.7. The molecule has 24 heavy (non-hydrogen) atoms. The van der Waals surface area contributed by atoms with Gasteiger partial charge in [0.2, 0.25) is 0 Å². The van der Waals surface area contributed by atoms with Gasteiger partial charge in [0.15, 0.2) is 16.7 Å². The standard InChI is InChI=1S/C17H16FN3O2S/c1-23-16-8-7-12(9-14(16)18)15(22)10-24-17-20-19-11-21(17)13-5-3-2-4-6-13/h2-9,11,15,22H,10H2,1H3. The first-order valence-corrected chi connectivity index (χ1v) is 8.27. The Kier molecular flexibility index (Phi) is 5.12. The topological polar surface area (TPSA) is 60.2 Å². The molecule has 1 unspecified atom stereocenters. The van der Waals surface area contributed by atoms with Gasteiger partial charge in [0.25, 0.3) is 0 Å². The number of nitrogens with zero attached hydrogens (tertiary/aromatic N) is 3. The molecule has 0 aliphatic rings. The zero-order chi connectivity index (χ0) is 16.9. The molecule has 0 spiro atoms. The maximum absolute atomic E-state index is 13.7. The molecular formula is C17H16FN3O2S. The van der Waals surface area contributed by atoms with Gasteiger partial charge in [-0.3, -0.25) is 4.57 Å². The van der Waals surface area contributed by atoms with Crippen LogP contribution in [-0.2, 0) is 0 Å². The van der Waals surface area contributed by atoms with E-state index in [0.717, 1.165) is 5.69 Å². The Labute approximate surface area is 143 Å². The summed E-state index contributed by atoms with van der Waals surface area (Å²) in [4.78, 5) is 0. The lowest BCUT2D eigenvalue weighted by Crippen LogP contribution is -2.03. The second-order valence-corrected chi connectivity index (χ2v) is 6.03. The van der Waals surface area contributed by atoms with Crippen LogP contribution in [-0.4, -0.2) is 32.7 Å². The molecule has 1 aromatic heterocycles. The molecule has 0 aliphatic heterocycles. The van der Waals surface area contributed by atoms with Crippen molar-refractivity contribution >= 4 is 11.8 Å². The minimum atomic E-state index is -0.823. The minimum absolute atomic E-state index is 0.155. The maximum atomic E-state index is 13.7. The lowest BCUT2D eigenvalue weighted by atomic mass is 10.1. The van der Waals surface area contributed by atoms with Crippen LogP contribution in [0.2, 0.25) is 0 Å². The Hall–Kier alpha value is -2.38. The highest BCUT2D eigenvalue weighted by atomic mass is 32.2. The number of hydrogen-bond acceptors (Lipinski definition) is 5. The van der Waals surface area contributed by atoms with Crippen molar-refractivity contribution in [3.8, 4) is 11.4 Å². The molecule has 3 aromatic rings. The molecule has 0 saturated carbocycles. The monoisotopic (exact) mass is 345 g/mol. The van der Waals surface area contributed by atoms with Crippen molar-refractivity contribution in [3.63, 3.8) is 0 Å². The van der Waals surface area contributed by atoms with Crippen molar-refractivity contribution in [2.75, 3.05) is 12.9 Å². The van der Waals surface area contributed by atoms with Gasteiger partial charge in [-0.15, -0.1) is 10.2 Å². The lowest BCUT2D eigenvalue weighted by Gasteiger charge is -2.12. The van der Waals surface area contributed by atoms with E-state index in [9.17, 15) is 9.50 Å². The minimum Gasteiger partial charge on any atom is -0.494 e. The van der Waals surface area contributed by atoms with Crippen LogP contribution >= 0.6 is 11.8 Å². The molecule has 7 heteroatoms. The fourth-order valence-electron chi connectivity index (χ4n) is 2.23. The molecule has 0 saturated heterocycles. The maximum Gasteiger partial charge on any atom is 0.195 e. The van der Waals surface area contributed by atoms with E-state index in [0.29, 0.717) is 16.5 Å². The molecule has 1 N–H and O–H groups in total. The van der Waals surface area contributed by atoms with Crippen molar-refractivity contribution in [2.24, 2.45) is 0 Å². The van der Waals surface area contributed by atoms with Crippen LogP contribution in [0.5, 0.6) is 5.75 Å². The SMILES string of the molecule is COc1ccc(C(O)CSc2nncn2-c2ccccc2)cc1F. The average molecular weight is 345 g/mol. The Morgan fingerprint density at radius 2 is 2.04 bits per heavy atom. The highest BCUT2D eigenvalue weighted by molar-refractivity contribution is 7.99. The lowest BCUT2D eigenvalue weighted by molar-refractivity contribution is 0.203. The molecule has 5 nitrogen and oxygen atoms in total. The average Bonchev–Trinajstić information content (AvgIpc) is 3.09. The molecule has 3 rings (SSSR count). The van der Waals surface area contributed by atoms with Crippen molar-refractivity contribution in [2.45, 2.75) is 11.3 Å². The third-order valence-corrected chi connectivity index (χ3v) is 4.50. The van der Waals surface area contributed by atoms with Gasteiger partial charge in [0, 0.05) is 11.4 Å². The number of aromatic nitrogens is 3. The number of ether oxygens (including phenoxy) is 1. The van der Waals surface area contributed by atoms with Crippen LogP contribution in [0, 0.1) is 5.82 Å². The van der Waals surface area contributed by atoms with Crippen LogP contribution in [0.15, 0.2) is 60.0 Å². The van der Waals surface area contributed by atoms with E-state index in [-0.39, 0.29) is 5.75 Å². The van der Waals surface area contributed by atoms with Gasteiger partial charge >= 0.3 is 0 Å². The molecule has 0 fully saturated rings. The highest BCUT2D eigenvalue weighted by Crippen LogP contribution is 2.27. The summed E-state index contributed by atoms with van der Waals surface area (Å²) >= 11 is 1.35. The summed E-state index contributed by atoms with van der Waals surface area (Å²) in [5, 5.41) is 18.9. The first kappa shape index (κ1) is 16.5. The summed E-state index contributed by atoms with van der Waals surface area (Å²) < 4.78 is 20.5. The van der Waals surface area contributed by atoms with Gasteiger partial charge in [-0.2, -0.15) is 0 Å². The number of aliphatic hydroxyl groups excluding tert-OH is 1. The second-order valence-electron chi connectivity index (χ2n) is 5.04. The molecule has 1 heterocycles. The molecule has 1 atom stereocenters. The number of para-hydroxylation sites is 1. The third kappa shape index (κ3) is 3.58. The number of rotatable bonds is 6. The number of aliphatic hydroxyl groups is 1. The van der Waals surface area contributed by atoms with Gasteiger partial charge in [0.1, 0.15) is 6.33 Å². The predicted octanol–water partition coefficient (Wildman–Crippen LogP) is 3.24. The van der Waals surface area contributed by atoms with Crippen LogP contribution in [0.3, 0.4) is 0 Å². The van der Waals surface area contributed by atoms with E-state index in [4.69, 9.17) is 4.74 Å². The van der Waals surface area contributed by atoms with Gasteiger partial charge < -0.3 is 9.84 Å². The number of hydrogen-bond donors (Lipinski definition) is 1. The van der Waals surface area contributed by atoms with Crippen molar-refractivity contribution in [3.05, 3.63) is 66.2 Å². The van der Waals surface area contributed by atoms with Gasteiger partial charge in [-0.25, -0.2) is 4.39 Å². The molecular weight excluding hydrogens is 329 g/mol. The number of halogens is 1. The smallest absolute Gasteiger partial charge is 0.195 e. The fraction of sp³-hybridized carbons (Fsp3) is 0.176. The van der Waals surface area contributed by atoms with Gasteiger partial charge in [-0.1, -0.05) is 36.0 Å². The highest BCUT2D eigenvalue weighted by Gasteiger charge is 2.14. The van der Waals surface area contributed by atoms with E-state index < -0.39 is 11.9 Å². The summed E-state index contributed by atoms with van der Waals surface area (Å²) in [5.74, 6) is -0.00831. The van der Waals surface area contributed by atoms with Crippen LogP contribution < -0.4 is 4.74 Å². The number of thioether (sulfide) groups is 1. The van der Waals surface area contributed by atoms with E-state index in [2.05, 4.69) is 10.2 Å². The fourth-order valence-corrected chi connectivity index (χ4v) is 3.12. The second kappa shape index (κ2) is 7.46. The molecule has 0 amide bonds. The largest absolute Gasteiger partial charge is 0.494 e. The zero-order valence-corrected chi connectivity index (χ0v) is 13.8. The van der Waals surface area contributed by atoms with E-state index in [1.165, 1.54) is 31.0 Å². The third-order valence-electron chi connectivity index (χ3n) is 3.48. The Morgan fingerprint density at radius 3 is 2.75 bits per heavy atom. The molecule has 0 bridgehead atoms. The van der Waals surface area contributed by atoms with Gasteiger partial charge in [-0.05, 0) is 29.8 Å².